The maximum Gasteiger partial charge on any atom is 0.298 e. The number of thiazole rings is 1. The van der Waals surface area contributed by atoms with Gasteiger partial charge in [0.1, 0.15) is 5.76 Å². The molecule has 0 bridgehead atoms. The molecular weight excluding hydrogens is 300 g/mol. The Morgan fingerprint density at radius 2 is 2.00 bits per heavy atom. The number of hydrogen-bond acceptors (Lipinski definition) is 5. The number of nitrogens with one attached hydrogen (secondary N) is 1. The van der Waals surface area contributed by atoms with Crippen LogP contribution in [-0.2, 0) is 9.59 Å². The first kappa shape index (κ1) is 14.2. The number of benzene rings is 1. The number of aromatic nitrogens is 1. The average Bonchev–Trinajstić information content (AvgIpc) is 2.92. The molecule has 102 valence electrons. The summed E-state index contributed by atoms with van der Waals surface area (Å²) < 4.78 is 0. The van der Waals surface area contributed by atoms with Gasteiger partial charge >= 0.3 is 0 Å². The molecule has 2 N–H and O–H groups in total. The van der Waals surface area contributed by atoms with Gasteiger partial charge in [0.25, 0.3) is 5.91 Å². The molecule has 7 heteroatoms. The van der Waals surface area contributed by atoms with Crippen molar-refractivity contribution in [1.82, 2.24) is 4.98 Å². The monoisotopic (exact) mass is 308 g/mol. The summed E-state index contributed by atoms with van der Waals surface area (Å²) in [7, 11) is 0. The number of aliphatic hydroxyl groups excluding tert-OH is 1. The first-order chi connectivity index (χ1) is 9.56. The number of carbonyl (C=O) groups is 2. The molecule has 0 spiro atoms. The Bertz CT molecular complexity index is 651. The van der Waals surface area contributed by atoms with Crippen molar-refractivity contribution in [1.29, 1.82) is 0 Å². The summed E-state index contributed by atoms with van der Waals surface area (Å²) in [6.45, 7) is 0. The third kappa shape index (κ3) is 3.66. The van der Waals surface area contributed by atoms with Gasteiger partial charge in [0.15, 0.2) is 5.13 Å². The van der Waals surface area contributed by atoms with Crippen LogP contribution in [-0.4, -0.2) is 21.8 Å². The van der Waals surface area contributed by atoms with Crippen molar-refractivity contribution in [3.8, 4) is 0 Å². The summed E-state index contributed by atoms with van der Waals surface area (Å²) in [5.41, 5.74) is 0.393. The van der Waals surface area contributed by atoms with E-state index in [1.807, 2.05) is 0 Å². The van der Waals surface area contributed by atoms with Crippen LogP contribution in [0, 0.1) is 0 Å². The van der Waals surface area contributed by atoms with Gasteiger partial charge in [0.2, 0.25) is 5.78 Å². The van der Waals surface area contributed by atoms with Crippen LogP contribution in [0.25, 0.3) is 5.76 Å². The third-order valence-electron chi connectivity index (χ3n) is 2.28. The van der Waals surface area contributed by atoms with E-state index < -0.39 is 11.7 Å². The Morgan fingerprint density at radius 3 is 2.60 bits per heavy atom. The second-order valence-electron chi connectivity index (χ2n) is 3.69. The van der Waals surface area contributed by atoms with E-state index in [4.69, 9.17) is 11.6 Å². The zero-order valence-corrected chi connectivity index (χ0v) is 11.6. The van der Waals surface area contributed by atoms with Crippen LogP contribution in [0.5, 0.6) is 0 Å². The Morgan fingerprint density at radius 1 is 1.30 bits per heavy atom. The fourth-order valence-electron chi connectivity index (χ4n) is 1.34. The summed E-state index contributed by atoms with van der Waals surface area (Å²) in [5, 5.41) is 14.6. The lowest BCUT2D eigenvalue weighted by Crippen LogP contribution is -2.21. The van der Waals surface area contributed by atoms with Gasteiger partial charge < -0.3 is 5.11 Å². The van der Waals surface area contributed by atoms with Crippen LogP contribution >= 0.6 is 22.9 Å². The number of carbonyl (C=O) groups excluding carboxylic acids is 2. The van der Waals surface area contributed by atoms with E-state index in [0.29, 0.717) is 15.7 Å². The smallest absolute Gasteiger partial charge is 0.298 e. The number of rotatable bonds is 4. The molecule has 0 saturated heterocycles. The van der Waals surface area contributed by atoms with Crippen molar-refractivity contribution >= 4 is 45.5 Å². The minimum absolute atomic E-state index is 0.305. The van der Waals surface area contributed by atoms with Crippen LogP contribution in [0.2, 0.25) is 5.02 Å². The number of nitrogens with zero attached hydrogens (tertiary/aromatic N) is 1. The molecule has 20 heavy (non-hydrogen) atoms. The van der Waals surface area contributed by atoms with Gasteiger partial charge in [-0.2, -0.15) is 0 Å². The standard InChI is InChI=1S/C13H9ClN2O3S/c14-9-3-1-8(2-4-9)10(17)7-11(18)12(19)16-13-15-5-6-20-13/h1-7,17H,(H,15,16,19). The van der Waals surface area contributed by atoms with Crippen molar-refractivity contribution in [3.63, 3.8) is 0 Å². The molecule has 2 rings (SSSR count). The van der Waals surface area contributed by atoms with E-state index in [0.717, 1.165) is 6.08 Å². The molecule has 1 aromatic carbocycles. The van der Waals surface area contributed by atoms with Crippen LogP contribution in [0.1, 0.15) is 5.56 Å². The predicted molar refractivity (Wildman–Crippen MR) is 77.8 cm³/mol. The van der Waals surface area contributed by atoms with E-state index in [1.54, 1.807) is 29.6 Å². The highest BCUT2D eigenvalue weighted by atomic mass is 35.5. The molecule has 0 saturated carbocycles. The first-order valence-corrected chi connectivity index (χ1v) is 6.73. The van der Waals surface area contributed by atoms with E-state index >= 15 is 0 Å². The quantitative estimate of drug-likeness (QED) is 0.517. The highest BCUT2D eigenvalue weighted by molar-refractivity contribution is 7.13. The molecular formula is C13H9ClN2O3S. The van der Waals surface area contributed by atoms with Gasteiger partial charge in [-0.3, -0.25) is 14.9 Å². The van der Waals surface area contributed by atoms with Crippen LogP contribution in [0.15, 0.2) is 41.9 Å². The molecule has 1 aromatic heterocycles. The number of halogens is 1. The molecule has 0 radical (unpaired) electrons. The summed E-state index contributed by atoms with van der Waals surface area (Å²) >= 11 is 6.91. The molecule has 1 heterocycles. The summed E-state index contributed by atoms with van der Waals surface area (Å²) in [4.78, 5) is 27.0. The Hall–Kier alpha value is -2.18. The normalized spacial score (nSPS) is 11.2. The van der Waals surface area contributed by atoms with Gasteiger partial charge in [0, 0.05) is 28.2 Å². The fraction of sp³-hybridized carbons (Fsp3) is 0. The van der Waals surface area contributed by atoms with Crippen molar-refractivity contribution in [3.05, 3.63) is 52.5 Å². The Balaban J connectivity index is 2.07. The lowest BCUT2D eigenvalue weighted by Gasteiger charge is -2.01. The first-order valence-electron chi connectivity index (χ1n) is 5.47. The van der Waals surface area contributed by atoms with Gasteiger partial charge in [-0.25, -0.2) is 4.98 Å². The van der Waals surface area contributed by atoms with Crippen LogP contribution in [0.4, 0.5) is 5.13 Å². The molecule has 5 nitrogen and oxygen atoms in total. The molecule has 0 unspecified atom stereocenters. The number of hydrogen-bond donors (Lipinski definition) is 2. The second kappa shape index (κ2) is 6.31. The lowest BCUT2D eigenvalue weighted by atomic mass is 10.1. The average molecular weight is 309 g/mol. The maximum atomic E-state index is 11.6. The van der Waals surface area contributed by atoms with Crippen molar-refractivity contribution in [2.45, 2.75) is 0 Å². The summed E-state index contributed by atoms with van der Waals surface area (Å²) in [6, 6.07) is 6.22. The molecule has 1 amide bonds. The van der Waals surface area contributed by atoms with E-state index in [9.17, 15) is 14.7 Å². The molecule has 0 fully saturated rings. The second-order valence-corrected chi connectivity index (χ2v) is 5.02. The maximum absolute atomic E-state index is 11.6. The zero-order valence-electron chi connectivity index (χ0n) is 10.0. The van der Waals surface area contributed by atoms with Gasteiger partial charge in [-0.15, -0.1) is 11.3 Å². The molecule has 0 aliphatic heterocycles. The van der Waals surface area contributed by atoms with E-state index in [2.05, 4.69) is 10.3 Å². The van der Waals surface area contributed by atoms with E-state index in [1.165, 1.54) is 17.5 Å². The third-order valence-corrected chi connectivity index (χ3v) is 3.22. The topological polar surface area (TPSA) is 79.3 Å². The van der Waals surface area contributed by atoms with Crippen molar-refractivity contribution < 1.29 is 14.7 Å². The highest BCUT2D eigenvalue weighted by Crippen LogP contribution is 2.16. The predicted octanol–water partition coefficient (Wildman–Crippen LogP) is 2.90. The minimum Gasteiger partial charge on any atom is -0.507 e. The summed E-state index contributed by atoms with van der Waals surface area (Å²) in [5.74, 6) is -2.03. The molecule has 2 aromatic rings. The Kier molecular flexibility index (Phi) is 4.49. The SMILES string of the molecule is O=C(C=C(O)c1ccc(Cl)cc1)C(=O)Nc1nccs1. The number of amides is 1. The van der Waals surface area contributed by atoms with Crippen molar-refractivity contribution in [2.24, 2.45) is 0 Å². The minimum atomic E-state index is -0.868. The molecule has 0 atom stereocenters. The van der Waals surface area contributed by atoms with Crippen LogP contribution in [0.3, 0.4) is 0 Å². The largest absolute Gasteiger partial charge is 0.507 e. The zero-order chi connectivity index (χ0) is 14.5. The number of anilines is 1. The van der Waals surface area contributed by atoms with Gasteiger partial charge in [-0.1, -0.05) is 11.6 Å². The van der Waals surface area contributed by atoms with Crippen LogP contribution < -0.4 is 5.32 Å². The van der Waals surface area contributed by atoms with Gasteiger partial charge in [0.05, 0.1) is 0 Å². The number of aliphatic hydroxyl groups is 1. The van der Waals surface area contributed by atoms with E-state index in [-0.39, 0.29) is 5.76 Å². The van der Waals surface area contributed by atoms with Gasteiger partial charge in [-0.05, 0) is 24.3 Å². The lowest BCUT2D eigenvalue weighted by molar-refractivity contribution is -0.131. The number of ketones is 1. The Labute approximate surface area is 123 Å². The van der Waals surface area contributed by atoms with Crippen molar-refractivity contribution in [2.75, 3.05) is 5.32 Å². The molecule has 0 aliphatic rings. The summed E-state index contributed by atoms with van der Waals surface area (Å²) in [6.07, 6.45) is 2.36. The molecule has 0 aliphatic carbocycles. The fourth-order valence-corrected chi connectivity index (χ4v) is 1.99. The highest BCUT2D eigenvalue weighted by Gasteiger charge is 2.14.